The summed E-state index contributed by atoms with van der Waals surface area (Å²) in [4.78, 5) is 8.69. The predicted molar refractivity (Wildman–Crippen MR) is 84.5 cm³/mol. The minimum absolute atomic E-state index is 0.0495. The van der Waals surface area contributed by atoms with Crippen molar-refractivity contribution in [1.82, 2.24) is 15.2 Å². The molecule has 1 aromatic rings. The monoisotopic (exact) mass is 297 g/mol. The first kappa shape index (κ1) is 15.9. The Balaban J connectivity index is 2.20. The average molecular weight is 297 g/mol. The van der Waals surface area contributed by atoms with E-state index in [1.165, 1.54) is 15.6 Å². The van der Waals surface area contributed by atoms with Crippen molar-refractivity contribution in [3.05, 3.63) is 15.6 Å². The fourth-order valence-corrected chi connectivity index (χ4v) is 4.04. The molecule has 1 saturated heterocycles. The van der Waals surface area contributed by atoms with E-state index in [2.05, 4.69) is 31.1 Å². The van der Waals surface area contributed by atoms with Gasteiger partial charge in [0.25, 0.3) is 0 Å². The Hall–Kier alpha value is -0.490. The van der Waals surface area contributed by atoms with Crippen LogP contribution in [-0.4, -0.2) is 50.3 Å². The number of likely N-dealkylation sites (tertiary alicyclic amines) is 1. The maximum atomic E-state index is 5.20. The third-order valence-corrected chi connectivity index (χ3v) is 5.46. The van der Waals surface area contributed by atoms with E-state index in [0.29, 0.717) is 0 Å². The molecule has 0 saturated carbocycles. The van der Waals surface area contributed by atoms with Crippen LogP contribution in [0, 0.1) is 6.92 Å². The third kappa shape index (κ3) is 3.39. The quantitative estimate of drug-likeness (QED) is 0.817. The van der Waals surface area contributed by atoms with Gasteiger partial charge < -0.3 is 15.0 Å². The van der Waals surface area contributed by atoms with Gasteiger partial charge in [0.05, 0.1) is 17.8 Å². The van der Waals surface area contributed by atoms with Gasteiger partial charge in [0, 0.05) is 31.6 Å². The van der Waals surface area contributed by atoms with Gasteiger partial charge in [-0.2, -0.15) is 0 Å². The van der Waals surface area contributed by atoms with Crippen molar-refractivity contribution in [2.45, 2.75) is 38.6 Å². The van der Waals surface area contributed by atoms with Gasteiger partial charge in [0.15, 0.2) is 0 Å². The number of thiazole rings is 1. The number of nitrogens with one attached hydrogen (secondary N) is 1. The molecule has 114 valence electrons. The standard InChI is InChI=1S/C15H27N3OS/c1-5-13-12(2)20-14(17-13)15(16-8-11-19-4)6-9-18(3)10-7-15/h16H,5-11H2,1-4H3. The van der Waals surface area contributed by atoms with E-state index in [4.69, 9.17) is 9.72 Å². The summed E-state index contributed by atoms with van der Waals surface area (Å²) in [6, 6.07) is 0. The van der Waals surface area contributed by atoms with Gasteiger partial charge in [0.1, 0.15) is 5.01 Å². The van der Waals surface area contributed by atoms with E-state index >= 15 is 0 Å². The fraction of sp³-hybridized carbons (Fsp3) is 0.800. The highest BCUT2D eigenvalue weighted by atomic mass is 32.1. The molecule has 1 aromatic heterocycles. The Kier molecular flexibility index (Phi) is 5.55. The van der Waals surface area contributed by atoms with Gasteiger partial charge in [-0.25, -0.2) is 4.98 Å². The summed E-state index contributed by atoms with van der Waals surface area (Å²) < 4.78 is 5.20. The van der Waals surface area contributed by atoms with Gasteiger partial charge in [-0.1, -0.05) is 6.92 Å². The van der Waals surface area contributed by atoms with Crippen LogP contribution in [0.1, 0.15) is 35.3 Å². The molecular weight excluding hydrogens is 270 g/mol. The zero-order chi connectivity index (χ0) is 14.6. The molecule has 1 aliphatic heterocycles. The molecule has 1 N–H and O–H groups in total. The zero-order valence-electron chi connectivity index (χ0n) is 13.2. The maximum Gasteiger partial charge on any atom is 0.113 e. The number of aromatic nitrogens is 1. The topological polar surface area (TPSA) is 37.4 Å². The van der Waals surface area contributed by atoms with E-state index in [0.717, 1.165) is 45.5 Å². The van der Waals surface area contributed by atoms with Crippen molar-refractivity contribution in [1.29, 1.82) is 0 Å². The smallest absolute Gasteiger partial charge is 0.113 e. The van der Waals surface area contributed by atoms with Gasteiger partial charge in [-0.3, -0.25) is 0 Å². The summed E-state index contributed by atoms with van der Waals surface area (Å²) in [7, 11) is 3.95. The normalized spacial score (nSPS) is 19.4. The van der Waals surface area contributed by atoms with Crippen LogP contribution in [0.2, 0.25) is 0 Å². The van der Waals surface area contributed by atoms with Crippen molar-refractivity contribution in [3.63, 3.8) is 0 Å². The number of methoxy groups -OCH3 is 1. The highest BCUT2D eigenvalue weighted by Crippen LogP contribution is 2.36. The second kappa shape index (κ2) is 6.98. The van der Waals surface area contributed by atoms with Crippen LogP contribution in [0.3, 0.4) is 0 Å². The second-order valence-electron chi connectivity index (χ2n) is 5.68. The summed E-state index contributed by atoms with van der Waals surface area (Å²) in [5.41, 5.74) is 1.31. The van der Waals surface area contributed by atoms with Crippen LogP contribution in [-0.2, 0) is 16.7 Å². The third-order valence-electron chi connectivity index (χ3n) is 4.25. The lowest BCUT2D eigenvalue weighted by molar-refractivity contribution is 0.134. The lowest BCUT2D eigenvalue weighted by Crippen LogP contribution is -2.51. The van der Waals surface area contributed by atoms with Crippen molar-refractivity contribution >= 4 is 11.3 Å². The predicted octanol–water partition coefficient (Wildman–Crippen LogP) is 2.17. The summed E-state index contributed by atoms with van der Waals surface area (Å²) in [6.45, 7) is 8.27. The minimum Gasteiger partial charge on any atom is -0.383 e. The van der Waals surface area contributed by atoms with Crippen LogP contribution in [0.5, 0.6) is 0 Å². The summed E-state index contributed by atoms with van der Waals surface area (Å²) in [6.07, 6.45) is 3.28. The van der Waals surface area contributed by atoms with E-state index in [9.17, 15) is 0 Å². The molecule has 4 nitrogen and oxygen atoms in total. The summed E-state index contributed by atoms with van der Waals surface area (Å²) in [5.74, 6) is 0. The molecule has 0 atom stereocenters. The van der Waals surface area contributed by atoms with E-state index in [1.54, 1.807) is 7.11 Å². The van der Waals surface area contributed by atoms with E-state index < -0.39 is 0 Å². The number of nitrogens with zero attached hydrogens (tertiary/aromatic N) is 2. The maximum absolute atomic E-state index is 5.20. The van der Waals surface area contributed by atoms with Crippen LogP contribution >= 0.6 is 11.3 Å². The van der Waals surface area contributed by atoms with E-state index in [-0.39, 0.29) is 5.54 Å². The van der Waals surface area contributed by atoms with E-state index in [1.807, 2.05) is 11.3 Å². The summed E-state index contributed by atoms with van der Waals surface area (Å²) in [5, 5.41) is 5.01. The molecule has 0 amide bonds. The lowest BCUT2D eigenvalue weighted by Gasteiger charge is -2.40. The molecule has 0 aromatic carbocycles. The number of rotatable bonds is 6. The Bertz CT molecular complexity index is 425. The SMILES string of the molecule is CCc1nc(C2(NCCOC)CCN(C)CC2)sc1C. The van der Waals surface area contributed by atoms with Crippen molar-refractivity contribution in [2.75, 3.05) is 40.4 Å². The molecule has 5 heteroatoms. The van der Waals surface area contributed by atoms with Crippen LogP contribution < -0.4 is 5.32 Å². The Morgan fingerprint density at radius 1 is 1.40 bits per heavy atom. The van der Waals surface area contributed by atoms with Crippen LogP contribution in [0.25, 0.3) is 0 Å². The lowest BCUT2D eigenvalue weighted by atomic mass is 9.88. The van der Waals surface area contributed by atoms with Crippen LogP contribution in [0.4, 0.5) is 0 Å². The molecule has 2 rings (SSSR count). The largest absolute Gasteiger partial charge is 0.383 e. The second-order valence-corrected chi connectivity index (χ2v) is 6.88. The number of aryl methyl sites for hydroxylation is 2. The molecule has 0 radical (unpaired) electrons. The van der Waals surface area contributed by atoms with Gasteiger partial charge in [-0.05, 0) is 33.2 Å². The van der Waals surface area contributed by atoms with Gasteiger partial charge in [0.2, 0.25) is 0 Å². The molecular formula is C15H27N3OS. The molecule has 0 spiro atoms. The first-order valence-electron chi connectivity index (χ1n) is 7.50. The zero-order valence-corrected chi connectivity index (χ0v) is 14.0. The molecule has 20 heavy (non-hydrogen) atoms. The first-order chi connectivity index (χ1) is 9.61. The number of piperidine rings is 1. The van der Waals surface area contributed by atoms with Crippen molar-refractivity contribution in [2.24, 2.45) is 0 Å². The highest BCUT2D eigenvalue weighted by Gasteiger charge is 2.37. The number of hydrogen-bond donors (Lipinski definition) is 1. The molecule has 2 heterocycles. The Labute approximate surface area is 126 Å². The minimum atomic E-state index is 0.0495. The van der Waals surface area contributed by atoms with Gasteiger partial charge >= 0.3 is 0 Å². The first-order valence-corrected chi connectivity index (χ1v) is 8.32. The Morgan fingerprint density at radius 2 is 2.10 bits per heavy atom. The number of ether oxygens (including phenoxy) is 1. The summed E-state index contributed by atoms with van der Waals surface area (Å²) >= 11 is 1.87. The van der Waals surface area contributed by atoms with Gasteiger partial charge in [-0.15, -0.1) is 11.3 Å². The molecule has 1 aliphatic rings. The number of hydrogen-bond acceptors (Lipinski definition) is 5. The molecule has 0 aliphatic carbocycles. The van der Waals surface area contributed by atoms with Crippen LogP contribution in [0.15, 0.2) is 0 Å². The Morgan fingerprint density at radius 3 is 2.65 bits per heavy atom. The average Bonchev–Trinajstić information content (AvgIpc) is 2.83. The molecule has 0 bridgehead atoms. The highest BCUT2D eigenvalue weighted by molar-refractivity contribution is 7.11. The fourth-order valence-electron chi connectivity index (χ4n) is 2.82. The van der Waals surface area contributed by atoms with Crippen molar-refractivity contribution in [3.8, 4) is 0 Å². The van der Waals surface area contributed by atoms with Crippen molar-refractivity contribution < 1.29 is 4.74 Å². The molecule has 1 fully saturated rings. The molecule has 0 unspecified atom stereocenters.